The number of fused-ring (bicyclic) bond motifs is 1. The van der Waals surface area contributed by atoms with Crippen LogP contribution in [0, 0.1) is 17.8 Å². The first-order valence-electron chi connectivity index (χ1n) is 18.5. The number of benzene rings is 1. The molecule has 0 spiro atoms. The first-order chi connectivity index (χ1) is 24.9. The number of hydrogen-bond donors (Lipinski definition) is 2. The van der Waals surface area contributed by atoms with Crippen LogP contribution in [0.4, 0.5) is 15.7 Å². The van der Waals surface area contributed by atoms with Crippen LogP contribution in [-0.2, 0) is 28.9 Å². The smallest absolute Gasteiger partial charge is 0.410 e. The zero-order valence-electron chi connectivity index (χ0n) is 31.1. The molecular formula is C38H51N7O6S. The first kappa shape index (κ1) is 36.0. The van der Waals surface area contributed by atoms with E-state index in [1.807, 2.05) is 39.0 Å². The van der Waals surface area contributed by atoms with Crippen LogP contribution in [0.1, 0.15) is 92.2 Å². The van der Waals surface area contributed by atoms with Gasteiger partial charge in [-0.05, 0) is 95.2 Å². The fraction of sp³-hybridized carbons (Fsp3) is 0.605. The van der Waals surface area contributed by atoms with E-state index in [-0.39, 0.29) is 41.8 Å². The molecular weight excluding hydrogens is 683 g/mol. The van der Waals surface area contributed by atoms with Gasteiger partial charge in [-0.3, -0.25) is 14.2 Å². The van der Waals surface area contributed by atoms with Gasteiger partial charge in [-0.25, -0.2) is 4.79 Å². The molecule has 2 N–H and O–H groups in total. The number of thiophene rings is 1. The second-order valence-corrected chi connectivity index (χ2v) is 16.9. The highest BCUT2D eigenvalue weighted by Crippen LogP contribution is 2.43. The highest BCUT2D eigenvalue weighted by atomic mass is 32.1. The fourth-order valence-corrected chi connectivity index (χ4v) is 8.62. The van der Waals surface area contributed by atoms with Crippen LogP contribution in [0.5, 0.6) is 11.5 Å². The Morgan fingerprint density at radius 3 is 2.54 bits per heavy atom. The lowest BCUT2D eigenvalue weighted by atomic mass is 9.91. The molecule has 3 fully saturated rings. The predicted octanol–water partition coefficient (Wildman–Crippen LogP) is 5.84. The van der Waals surface area contributed by atoms with Crippen molar-refractivity contribution in [3.63, 3.8) is 0 Å². The maximum absolute atomic E-state index is 13.8. The lowest BCUT2D eigenvalue weighted by Crippen LogP contribution is -2.43. The van der Waals surface area contributed by atoms with E-state index < -0.39 is 5.60 Å². The summed E-state index contributed by atoms with van der Waals surface area (Å²) in [6.45, 7) is 9.88. The van der Waals surface area contributed by atoms with Gasteiger partial charge in [0.2, 0.25) is 11.9 Å². The Kier molecular flexibility index (Phi) is 10.1. The zero-order chi connectivity index (χ0) is 36.7. The highest BCUT2D eigenvalue weighted by Gasteiger charge is 2.41. The van der Waals surface area contributed by atoms with E-state index in [0.29, 0.717) is 66.5 Å². The van der Waals surface area contributed by atoms with Crippen molar-refractivity contribution in [1.29, 1.82) is 0 Å². The molecule has 0 bridgehead atoms. The Hall–Kier alpha value is -4.33. The molecule has 13 nitrogen and oxygen atoms in total. The molecule has 3 aromatic rings. The van der Waals surface area contributed by atoms with Crippen LogP contribution in [0.3, 0.4) is 0 Å². The zero-order valence-corrected chi connectivity index (χ0v) is 31.9. The van der Waals surface area contributed by atoms with E-state index in [4.69, 9.17) is 19.3 Å². The molecule has 4 aliphatic rings. The number of nitrogens with one attached hydrogen (secondary N) is 2. The number of aromatic nitrogens is 3. The van der Waals surface area contributed by atoms with Gasteiger partial charge in [-0.2, -0.15) is 0 Å². The van der Waals surface area contributed by atoms with E-state index in [1.165, 1.54) is 0 Å². The van der Waals surface area contributed by atoms with Crippen LogP contribution in [0.2, 0.25) is 0 Å². The average Bonchev–Trinajstić information content (AvgIpc) is 4.02. The molecule has 3 aliphatic carbocycles. The quantitative estimate of drug-likeness (QED) is 0.235. The third-order valence-corrected chi connectivity index (χ3v) is 11.8. The Balaban J connectivity index is 1.21. The number of methoxy groups -OCH3 is 2. The van der Waals surface area contributed by atoms with Gasteiger partial charge in [0.25, 0.3) is 5.91 Å². The molecule has 1 aromatic carbocycles. The van der Waals surface area contributed by atoms with Crippen molar-refractivity contribution in [3.8, 4) is 11.5 Å². The number of carbonyl (C=O) groups excluding carboxylic acids is 3. The number of aryl methyl sites for hydroxylation is 1. The minimum atomic E-state index is -0.607. The Morgan fingerprint density at radius 2 is 1.85 bits per heavy atom. The standard InChI is InChI=1S/C38H51N7O6S/c1-22-18-43(37(48)51-38(2,3)4)20-29(22)44(19-25-11-13-27(49-5)16-30(25)50-6)36-42-40-21-45(36)26-12-14-31-28(15-26)32(34(47)39-17-23-7-8-23)35(52-31)41-33(46)24-9-10-24/h11,13,16,21-24,26,29H,7-10,12,14-15,17-20H2,1-6H3,(H,39,47)(H,41,46)/t22?,26-,29?/m0/s1. The predicted molar refractivity (Wildman–Crippen MR) is 198 cm³/mol. The molecule has 52 heavy (non-hydrogen) atoms. The summed E-state index contributed by atoms with van der Waals surface area (Å²) in [4.78, 5) is 45.1. The van der Waals surface area contributed by atoms with E-state index >= 15 is 0 Å². The maximum atomic E-state index is 13.8. The summed E-state index contributed by atoms with van der Waals surface area (Å²) in [7, 11) is 3.28. The number of anilines is 2. The lowest BCUT2D eigenvalue weighted by Gasteiger charge is -2.35. The summed E-state index contributed by atoms with van der Waals surface area (Å²) >= 11 is 1.54. The van der Waals surface area contributed by atoms with Gasteiger partial charge in [0.1, 0.15) is 28.4 Å². The van der Waals surface area contributed by atoms with Crippen LogP contribution in [0.15, 0.2) is 24.5 Å². The van der Waals surface area contributed by atoms with Crippen molar-refractivity contribution in [3.05, 3.63) is 46.1 Å². The highest BCUT2D eigenvalue weighted by molar-refractivity contribution is 7.17. The summed E-state index contributed by atoms with van der Waals surface area (Å²) in [6.07, 6.45) is 7.71. The summed E-state index contributed by atoms with van der Waals surface area (Å²) in [5.74, 6) is 2.62. The van der Waals surface area contributed by atoms with Crippen LogP contribution >= 0.6 is 11.3 Å². The molecule has 2 unspecified atom stereocenters. The maximum Gasteiger partial charge on any atom is 0.410 e. The Morgan fingerprint density at radius 1 is 1.06 bits per heavy atom. The Labute approximate surface area is 309 Å². The van der Waals surface area contributed by atoms with Gasteiger partial charge < -0.3 is 34.6 Å². The van der Waals surface area contributed by atoms with Crippen LogP contribution in [0.25, 0.3) is 0 Å². The minimum absolute atomic E-state index is 0.00296. The van der Waals surface area contributed by atoms with Gasteiger partial charge in [0.15, 0.2) is 0 Å². The number of amides is 3. The monoisotopic (exact) mass is 733 g/mol. The number of nitrogens with zero attached hydrogens (tertiary/aromatic N) is 5. The fourth-order valence-electron chi connectivity index (χ4n) is 7.37. The molecule has 0 radical (unpaired) electrons. The molecule has 1 aliphatic heterocycles. The summed E-state index contributed by atoms with van der Waals surface area (Å²) in [5, 5.41) is 16.1. The van der Waals surface area contributed by atoms with Crippen molar-refractivity contribution in [1.82, 2.24) is 25.0 Å². The number of rotatable bonds is 12. The van der Waals surface area contributed by atoms with Crippen molar-refractivity contribution >= 4 is 40.2 Å². The van der Waals surface area contributed by atoms with E-state index in [2.05, 4.69) is 32.1 Å². The summed E-state index contributed by atoms with van der Waals surface area (Å²) in [5.41, 5.74) is 1.93. The first-order valence-corrected chi connectivity index (χ1v) is 19.3. The van der Waals surface area contributed by atoms with Crippen molar-refractivity contribution in [2.45, 2.75) is 96.9 Å². The molecule has 7 rings (SSSR count). The lowest BCUT2D eigenvalue weighted by molar-refractivity contribution is -0.117. The largest absolute Gasteiger partial charge is 0.497 e. The minimum Gasteiger partial charge on any atom is -0.497 e. The third-order valence-electron chi connectivity index (χ3n) is 10.6. The number of carbonyl (C=O) groups is 3. The van der Waals surface area contributed by atoms with Gasteiger partial charge in [0, 0.05) is 54.6 Å². The van der Waals surface area contributed by atoms with Crippen molar-refractivity contribution < 1.29 is 28.6 Å². The average molecular weight is 734 g/mol. The molecule has 14 heteroatoms. The van der Waals surface area contributed by atoms with E-state index in [0.717, 1.165) is 54.5 Å². The normalized spacial score (nSPS) is 21.3. The van der Waals surface area contributed by atoms with Gasteiger partial charge >= 0.3 is 6.09 Å². The number of hydrogen-bond acceptors (Lipinski definition) is 10. The molecule has 2 aromatic heterocycles. The van der Waals surface area contributed by atoms with E-state index in [1.54, 1.807) is 36.8 Å². The number of likely N-dealkylation sites (tertiary alicyclic amines) is 1. The molecule has 3 heterocycles. The second-order valence-electron chi connectivity index (χ2n) is 15.8. The number of ether oxygens (including phenoxy) is 3. The van der Waals surface area contributed by atoms with Gasteiger partial charge in [-0.15, -0.1) is 21.5 Å². The molecule has 280 valence electrons. The topological polar surface area (TPSA) is 140 Å². The molecule has 2 saturated carbocycles. The second kappa shape index (κ2) is 14.6. The van der Waals surface area contributed by atoms with Crippen molar-refractivity contribution in [2.24, 2.45) is 17.8 Å². The third kappa shape index (κ3) is 7.86. The molecule has 3 atom stereocenters. The van der Waals surface area contributed by atoms with E-state index in [9.17, 15) is 14.4 Å². The van der Waals surface area contributed by atoms with Crippen LogP contribution < -0.4 is 25.0 Å². The van der Waals surface area contributed by atoms with Gasteiger partial charge in [0.05, 0.1) is 25.8 Å². The molecule has 3 amide bonds. The summed E-state index contributed by atoms with van der Waals surface area (Å²) in [6, 6.07) is 5.65. The molecule has 1 saturated heterocycles. The SMILES string of the molecule is COc1ccc(CN(c2nncn2[C@H]2CCc3sc(NC(=O)C4CC4)c(C(=O)NCC4CC4)c3C2)C2CN(C(=O)OC(C)(C)C)CC2C)c(OC)c1. The van der Waals surface area contributed by atoms with Gasteiger partial charge in [-0.1, -0.05) is 6.92 Å². The Bertz CT molecular complexity index is 1810. The summed E-state index contributed by atoms with van der Waals surface area (Å²) < 4.78 is 19.2. The van der Waals surface area contributed by atoms with Crippen LogP contribution in [-0.4, -0.2) is 83.1 Å². The van der Waals surface area contributed by atoms with Crippen molar-refractivity contribution in [2.75, 3.05) is 44.1 Å².